The first kappa shape index (κ1) is 26.8. The van der Waals surface area contributed by atoms with Gasteiger partial charge in [0.2, 0.25) is 10.0 Å². The van der Waals surface area contributed by atoms with Crippen LogP contribution in [-0.2, 0) is 30.2 Å². The maximum Gasteiger partial charge on any atom is 0.331 e. The van der Waals surface area contributed by atoms with Gasteiger partial charge >= 0.3 is 5.69 Å². The van der Waals surface area contributed by atoms with Crippen LogP contribution >= 0.6 is 0 Å². The van der Waals surface area contributed by atoms with Gasteiger partial charge in [0.05, 0.1) is 29.5 Å². The minimum absolute atomic E-state index is 0.0579. The van der Waals surface area contributed by atoms with Gasteiger partial charge in [0, 0.05) is 33.3 Å². The molecular weight excluding hydrogens is 508 g/mol. The molecule has 0 radical (unpaired) electrons. The van der Waals surface area contributed by atoms with Crippen LogP contribution in [0.25, 0.3) is 10.9 Å². The van der Waals surface area contributed by atoms with E-state index in [1.165, 1.54) is 36.9 Å². The Hall–Kier alpha value is -4.22. The van der Waals surface area contributed by atoms with E-state index >= 15 is 0 Å². The third-order valence-electron chi connectivity index (χ3n) is 6.27. The summed E-state index contributed by atoms with van der Waals surface area (Å²) in [5, 5.41) is 3.05. The number of carbonyl (C=O) groups excluding carboxylic acids is 1. The van der Waals surface area contributed by atoms with Crippen molar-refractivity contribution in [2.45, 2.75) is 18.0 Å². The lowest BCUT2D eigenvalue weighted by Crippen LogP contribution is -2.39. The summed E-state index contributed by atoms with van der Waals surface area (Å²) < 4.78 is 33.3. The summed E-state index contributed by atoms with van der Waals surface area (Å²) in [6.45, 7) is 0.232. The molecule has 0 saturated carbocycles. The molecule has 11 heteroatoms. The van der Waals surface area contributed by atoms with Gasteiger partial charge in [0.25, 0.3) is 11.5 Å². The summed E-state index contributed by atoms with van der Waals surface area (Å²) in [4.78, 5) is 39.2. The zero-order valence-corrected chi connectivity index (χ0v) is 22.3. The molecule has 38 heavy (non-hydrogen) atoms. The average molecular weight is 537 g/mol. The second-order valence-corrected chi connectivity index (χ2v) is 11.1. The number of carbonyl (C=O) groups is 1. The Morgan fingerprint density at radius 3 is 2.18 bits per heavy atom. The monoisotopic (exact) mass is 536 g/mol. The van der Waals surface area contributed by atoms with E-state index in [0.717, 1.165) is 14.4 Å². The number of sulfonamides is 1. The van der Waals surface area contributed by atoms with Crippen molar-refractivity contribution in [1.82, 2.24) is 18.8 Å². The highest BCUT2D eigenvalue weighted by atomic mass is 32.2. The molecule has 0 saturated heterocycles. The quantitative estimate of drug-likeness (QED) is 0.368. The number of hydrogen-bond donors (Lipinski definition) is 1. The minimum atomic E-state index is -3.60. The number of aromatic nitrogens is 2. The molecule has 0 atom stereocenters. The van der Waals surface area contributed by atoms with Crippen molar-refractivity contribution in [3.05, 3.63) is 104 Å². The van der Waals surface area contributed by atoms with Crippen molar-refractivity contribution >= 4 is 26.8 Å². The molecule has 1 amide bonds. The lowest BCUT2D eigenvalue weighted by Gasteiger charge is -2.13. The van der Waals surface area contributed by atoms with Crippen molar-refractivity contribution in [1.29, 1.82) is 0 Å². The summed E-state index contributed by atoms with van der Waals surface area (Å²) in [7, 11) is 2.41. The van der Waals surface area contributed by atoms with Gasteiger partial charge in [-0.05, 0) is 53.6 Å². The molecule has 1 aromatic heterocycles. The number of amides is 1. The molecule has 1 heterocycles. The minimum Gasteiger partial charge on any atom is -0.497 e. The van der Waals surface area contributed by atoms with Crippen molar-refractivity contribution in [2.75, 3.05) is 21.2 Å². The molecule has 0 aliphatic rings. The highest BCUT2D eigenvalue weighted by Gasteiger charge is 2.18. The van der Waals surface area contributed by atoms with Gasteiger partial charge in [-0.1, -0.05) is 24.3 Å². The van der Waals surface area contributed by atoms with Crippen LogP contribution in [0.1, 0.15) is 21.5 Å². The summed E-state index contributed by atoms with van der Waals surface area (Å²) in [6, 6.07) is 17.9. The van der Waals surface area contributed by atoms with E-state index < -0.39 is 21.3 Å². The Labute approximate surface area is 219 Å². The van der Waals surface area contributed by atoms with Gasteiger partial charge in [-0.2, -0.15) is 0 Å². The van der Waals surface area contributed by atoms with Crippen LogP contribution in [0.4, 0.5) is 0 Å². The van der Waals surface area contributed by atoms with Crippen LogP contribution in [-0.4, -0.2) is 49.0 Å². The van der Waals surface area contributed by atoms with Crippen molar-refractivity contribution in [2.24, 2.45) is 7.05 Å². The number of aryl methyl sites for hydroxylation is 1. The van der Waals surface area contributed by atoms with E-state index in [2.05, 4.69) is 5.32 Å². The second kappa shape index (κ2) is 10.6. The molecule has 0 aliphatic heterocycles. The number of nitrogens with one attached hydrogen (secondary N) is 1. The second-order valence-electron chi connectivity index (χ2n) is 8.93. The van der Waals surface area contributed by atoms with Crippen molar-refractivity contribution < 1.29 is 17.9 Å². The molecule has 4 rings (SSSR count). The smallest absolute Gasteiger partial charge is 0.331 e. The van der Waals surface area contributed by atoms with Crippen LogP contribution in [0.15, 0.2) is 81.2 Å². The first-order chi connectivity index (χ1) is 18.0. The molecule has 0 fully saturated rings. The topological polar surface area (TPSA) is 120 Å². The molecule has 10 nitrogen and oxygen atoms in total. The molecular formula is C27H28N4O6S. The number of fused-ring (bicyclic) bond motifs is 1. The van der Waals surface area contributed by atoms with Crippen LogP contribution < -0.4 is 21.3 Å². The fourth-order valence-corrected chi connectivity index (χ4v) is 4.89. The van der Waals surface area contributed by atoms with Crippen LogP contribution in [0.3, 0.4) is 0 Å². The maximum absolute atomic E-state index is 13.3. The standard InChI is InChI=1S/C27H28N4O6S/c1-29(2)38(35,36)22-12-7-19(8-13-22)17-31-26(33)23-15-20(9-14-24(23)30(3)27(31)34)25(32)28-16-18-5-10-21(37-4)11-6-18/h5-15H,16-17H2,1-4H3,(H,28,32). The van der Waals surface area contributed by atoms with Gasteiger partial charge in [-0.3, -0.25) is 18.7 Å². The van der Waals surface area contributed by atoms with E-state index in [-0.39, 0.29) is 34.8 Å². The van der Waals surface area contributed by atoms with Gasteiger partial charge < -0.3 is 10.1 Å². The van der Waals surface area contributed by atoms with Gasteiger partial charge in [0.15, 0.2) is 0 Å². The zero-order chi connectivity index (χ0) is 27.6. The van der Waals surface area contributed by atoms with E-state index in [4.69, 9.17) is 4.74 Å². The van der Waals surface area contributed by atoms with Crippen LogP contribution in [0, 0.1) is 0 Å². The summed E-state index contributed by atoms with van der Waals surface area (Å²) in [5.74, 6) is 0.353. The number of ether oxygens (including phenoxy) is 1. The number of rotatable bonds is 8. The van der Waals surface area contributed by atoms with Gasteiger partial charge in [0.1, 0.15) is 5.75 Å². The highest BCUT2D eigenvalue weighted by Crippen LogP contribution is 2.16. The molecule has 4 aromatic rings. The van der Waals surface area contributed by atoms with Crippen molar-refractivity contribution in [3.8, 4) is 5.75 Å². The third-order valence-corrected chi connectivity index (χ3v) is 8.10. The Morgan fingerprint density at radius 2 is 1.58 bits per heavy atom. The Kier molecular flexibility index (Phi) is 7.51. The predicted molar refractivity (Wildman–Crippen MR) is 144 cm³/mol. The lowest BCUT2D eigenvalue weighted by molar-refractivity contribution is 0.0951. The van der Waals surface area contributed by atoms with E-state index in [1.54, 1.807) is 50.6 Å². The number of hydrogen-bond acceptors (Lipinski definition) is 6. The average Bonchev–Trinajstić information content (AvgIpc) is 2.93. The molecule has 0 aliphatic carbocycles. The normalized spacial score (nSPS) is 11.6. The molecule has 3 aromatic carbocycles. The first-order valence-electron chi connectivity index (χ1n) is 11.7. The lowest BCUT2D eigenvalue weighted by atomic mass is 10.1. The van der Waals surface area contributed by atoms with E-state index in [9.17, 15) is 22.8 Å². The molecule has 0 spiro atoms. The molecule has 198 valence electrons. The Bertz CT molecular complexity index is 1720. The highest BCUT2D eigenvalue weighted by molar-refractivity contribution is 7.89. The summed E-state index contributed by atoms with van der Waals surface area (Å²) in [6.07, 6.45) is 0. The molecule has 0 bridgehead atoms. The Balaban J connectivity index is 1.62. The van der Waals surface area contributed by atoms with Crippen molar-refractivity contribution in [3.63, 3.8) is 0 Å². The number of benzene rings is 3. The zero-order valence-electron chi connectivity index (χ0n) is 21.5. The maximum atomic E-state index is 13.3. The Morgan fingerprint density at radius 1 is 0.947 bits per heavy atom. The predicted octanol–water partition coefficient (Wildman–Crippen LogP) is 1.94. The number of methoxy groups -OCH3 is 1. The summed E-state index contributed by atoms with van der Waals surface area (Å²) >= 11 is 0. The first-order valence-corrected chi connectivity index (χ1v) is 13.1. The largest absolute Gasteiger partial charge is 0.497 e. The van der Waals surface area contributed by atoms with Crippen LogP contribution in [0.2, 0.25) is 0 Å². The fraction of sp³-hybridized carbons (Fsp3) is 0.222. The van der Waals surface area contributed by atoms with Gasteiger partial charge in [-0.25, -0.2) is 17.5 Å². The molecule has 0 unspecified atom stereocenters. The van der Waals surface area contributed by atoms with Gasteiger partial charge in [-0.15, -0.1) is 0 Å². The SMILES string of the molecule is COc1ccc(CNC(=O)c2ccc3c(c2)c(=O)n(Cc2ccc(S(=O)(=O)N(C)C)cc2)c(=O)n3C)cc1. The number of nitrogens with zero attached hydrogens (tertiary/aromatic N) is 3. The third kappa shape index (κ3) is 5.24. The molecule has 1 N–H and O–H groups in total. The van der Waals surface area contributed by atoms with E-state index in [1.807, 2.05) is 12.1 Å². The van der Waals surface area contributed by atoms with Crippen LogP contribution in [0.5, 0.6) is 5.75 Å². The summed E-state index contributed by atoms with van der Waals surface area (Å²) in [5.41, 5.74) is 1.08. The van der Waals surface area contributed by atoms with E-state index in [0.29, 0.717) is 16.8 Å². The fourth-order valence-electron chi connectivity index (χ4n) is 3.98.